The fourth-order valence-corrected chi connectivity index (χ4v) is 2.07. The molecular formula is C16H16N6. The summed E-state index contributed by atoms with van der Waals surface area (Å²) < 4.78 is 0. The van der Waals surface area contributed by atoms with Gasteiger partial charge in [0.2, 0.25) is 0 Å². The molecule has 110 valence electrons. The van der Waals surface area contributed by atoms with Crippen molar-refractivity contribution in [3.05, 3.63) is 54.6 Å². The van der Waals surface area contributed by atoms with Crippen LogP contribution in [-0.2, 0) is 6.42 Å². The lowest BCUT2D eigenvalue weighted by molar-refractivity contribution is 0.961. The molecule has 0 amide bonds. The van der Waals surface area contributed by atoms with E-state index in [4.69, 9.17) is 0 Å². The van der Waals surface area contributed by atoms with Crippen molar-refractivity contribution < 1.29 is 0 Å². The van der Waals surface area contributed by atoms with Crippen molar-refractivity contribution in [2.75, 3.05) is 0 Å². The molecule has 0 aliphatic carbocycles. The van der Waals surface area contributed by atoms with E-state index in [0.29, 0.717) is 0 Å². The number of nitrogens with zero attached hydrogens (tertiary/aromatic N) is 5. The molecule has 0 aliphatic heterocycles. The third kappa shape index (κ3) is 2.90. The summed E-state index contributed by atoms with van der Waals surface area (Å²) in [4.78, 5) is 23.5. The first kappa shape index (κ1) is 14.1. The Morgan fingerprint density at radius 3 is 2.73 bits per heavy atom. The molecule has 0 bridgehead atoms. The van der Waals surface area contributed by atoms with E-state index in [1.54, 1.807) is 6.33 Å². The lowest BCUT2D eigenvalue weighted by Crippen LogP contribution is -1.91. The molecule has 0 saturated carbocycles. The summed E-state index contributed by atoms with van der Waals surface area (Å²) in [5, 5.41) is 1.11. The average molecular weight is 292 g/mol. The van der Waals surface area contributed by atoms with Gasteiger partial charge in [-0.05, 0) is 13.0 Å². The number of aromatic amines is 1. The number of aryl methyl sites for hydroxylation is 2. The Morgan fingerprint density at radius 2 is 1.91 bits per heavy atom. The van der Waals surface area contributed by atoms with E-state index in [2.05, 4.69) is 36.8 Å². The Kier molecular flexibility index (Phi) is 4.00. The molecule has 3 aromatic heterocycles. The normalized spacial score (nSPS) is 10.5. The fourth-order valence-electron chi connectivity index (χ4n) is 2.07. The maximum atomic E-state index is 4.38. The Hall–Kier alpha value is -2.89. The molecule has 0 aliphatic rings. The molecule has 1 aromatic carbocycles. The van der Waals surface area contributed by atoms with Gasteiger partial charge in [-0.1, -0.05) is 25.1 Å². The maximum Gasteiger partial charge on any atom is 0.180 e. The Balaban J connectivity index is 0.000000133. The summed E-state index contributed by atoms with van der Waals surface area (Å²) in [6, 6.07) is 8.02. The third-order valence-electron chi connectivity index (χ3n) is 3.27. The highest BCUT2D eigenvalue weighted by atomic mass is 15.0. The van der Waals surface area contributed by atoms with E-state index in [1.165, 1.54) is 6.33 Å². The van der Waals surface area contributed by atoms with Crippen molar-refractivity contribution in [3.8, 4) is 0 Å². The fraction of sp³-hybridized carbons (Fsp3) is 0.188. The summed E-state index contributed by atoms with van der Waals surface area (Å²) >= 11 is 0. The molecule has 0 radical (unpaired) electrons. The number of hydrogen-bond donors (Lipinski definition) is 1. The summed E-state index contributed by atoms with van der Waals surface area (Å²) in [6.07, 6.45) is 5.90. The largest absolute Gasteiger partial charge is 0.342 e. The van der Waals surface area contributed by atoms with Crippen LogP contribution in [0.2, 0.25) is 0 Å². The number of H-pyrrole nitrogens is 1. The number of nitrogens with one attached hydrogen (secondary N) is 1. The SMILES string of the molecule is CCc1ncc2ccccc2n1.Cc1ncnc2nc[nH]c12. The summed E-state index contributed by atoms with van der Waals surface area (Å²) in [5.74, 6) is 0.911. The van der Waals surface area contributed by atoms with Gasteiger partial charge in [0, 0.05) is 18.0 Å². The second kappa shape index (κ2) is 6.26. The Bertz CT molecular complexity index is 899. The van der Waals surface area contributed by atoms with Crippen molar-refractivity contribution in [1.29, 1.82) is 0 Å². The van der Waals surface area contributed by atoms with E-state index in [1.807, 2.05) is 37.4 Å². The van der Waals surface area contributed by atoms with Crippen LogP contribution in [-0.4, -0.2) is 29.9 Å². The second-order valence-corrected chi connectivity index (χ2v) is 4.76. The van der Waals surface area contributed by atoms with E-state index in [9.17, 15) is 0 Å². The molecule has 6 nitrogen and oxygen atoms in total. The van der Waals surface area contributed by atoms with Gasteiger partial charge in [0.25, 0.3) is 0 Å². The quantitative estimate of drug-likeness (QED) is 0.583. The van der Waals surface area contributed by atoms with Gasteiger partial charge in [-0.3, -0.25) is 0 Å². The van der Waals surface area contributed by atoms with Gasteiger partial charge in [-0.25, -0.2) is 24.9 Å². The topological polar surface area (TPSA) is 80.2 Å². The number of para-hydroxylation sites is 1. The van der Waals surface area contributed by atoms with Crippen LogP contribution < -0.4 is 0 Å². The zero-order chi connectivity index (χ0) is 15.4. The molecule has 1 N–H and O–H groups in total. The first-order valence-corrected chi connectivity index (χ1v) is 7.09. The van der Waals surface area contributed by atoms with Crippen LogP contribution in [0, 0.1) is 6.92 Å². The Labute approximate surface area is 127 Å². The van der Waals surface area contributed by atoms with Crippen LogP contribution in [0.3, 0.4) is 0 Å². The van der Waals surface area contributed by atoms with Crippen molar-refractivity contribution in [2.24, 2.45) is 0 Å². The van der Waals surface area contributed by atoms with Gasteiger partial charge < -0.3 is 4.98 Å². The molecular weight excluding hydrogens is 276 g/mol. The lowest BCUT2D eigenvalue weighted by Gasteiger charge is -1.97. The van der Waals surface area contributed by atoms with E-state index in [0.717, 1.165) is 40.0 Å². The van der Waals surface area contributed by atoms with E-state index in [-0.39, 0.29) is 0 Å². The molecule has 6 heteroatoms. The van der Waals surface area contributed by atoms with Crippen LogP contribution in [0.25, 0.3) is 22.1 Å². The van der Waals surface area contributed by atoms with Crippen LogP contribution in [0.15, 0.2) is 43.1 Å². The highest BCUT2D eigenvalue weighted by Crippen LogP contribution is 2.09. The zero-order valence-electron chi connectivity index (χ0n) is 12.5. The predicted molar refractivity (Wildman–Crippen MR) is 85.3 cm³/mol. The van der Waals surface area contributed by atoms with Crippen LogP contribution in [0.1, 0.15) is 18.4 Å². The standard InChI is InChI=1S/C10H10N2.C6H6N4/c1-2-10-11-7-8-5-3-4-6-9(8)12-10;1-4-5-6(9-2-7-4)10-3-8-5/h3-7H,2H2,1H3;2-3H,1H3,(H,7,8,9,10). The Morgan fingerprint density at radius 1 is 1.05 bits per heavy atom. The number of hydrogen-bond acceptors (Lipinski definition) is 5. The highest BCUT2D eigenvalue weighted by molar-refractivity contribution is 5.77. The molecule has 0 fully saturated rings. The minimum absolute atomic E-state index is 0.729. The minimum Gasteiger partial charge on any atom is -0.342 e. The first-order chi connectivity index (χ1) is 10.8. The smallest absolute Gasteiger partial charge is 0.180 e. The second-order valence-electron chi connectivity index (χ2n) is 4.76. The molecule has 0 saturated heterocycles. The zero-order valence-corrected chi connectivity index (χ0v) is 12.5. The average Bonchev–Trinajstić information content (AvgIpc) is 3.05. The molecule has 4 rings (SSSR count). The monoisotopic (exact) mass is 292 g/mol. The highest BCUT2D eigenvalue weighted by Gasteiger charge is 1.98. The van der Waals surface area contributed by atoms with Crippen molar-refractivity contribution in [1.82, 2.24) is 29.9 Å². The van der Waals surface area contributed by atoms with Crippen molar-refractivity contribution in [3.63, 3.8) is 0 Å². The van der Waals surface area contributed by atoms with Gasteiger partial charge in [-0.2, -0.15) is 0 Å². The minimum atomic E-state index is 0.729. The number of rotatable bonds is 1. The van der Waals surface area contributed by atoms with E-state index < -0.39 is 0 Å². The third-order valence-corrected chi connectivity index (χ3v) is 3.27. The molecule has 0 spiro atoms. The molecule has 3 heterocycles. The van der Waals surface area contributed by atoms with Crippen LogP contribution in [0.5, 0.6) is 0 Å². The number of benzene rings is 1. The van der Waals surface area contributed by atoms with Crippen molar-refractivity contribution >= 4 is 22.1 Å². The number of imidazole rings is 1. The lowest BCUT2D eigenvalue weighted by atomic mass is 10.2. The molecule has 0 unspecified atom stereocenters. The molecule has 0 atom stereocenters. The summed E-state index contributed by atoms with van der Waals surface area (Å²) in [6.45, 7) is 3.98. The number of fused-ring (bicyclic) bond motifs is 2. The van der Waals surface area contributed by atoms with E-state index >= 15 is 0 Å². The number of aromatic nitrogens is 6. The molecule has 4 aromatic rings. The summed E-state index contributed by atoms with van der Waals surface area (Å²) in [7, 11) is 0. The van der Waals surface area contributed by atoms with Crippen LogP contribution in [0.4, 0.5) is 0 Å². The summed E-state index contributed by atoms with van der Waals surface area (Å²) in [5.41, 5.74) is 3.61. The van der Waals surface area contributed by atoms with Gasteiger partial charge in [-0.15, -0.1) is 0 Å². The van der Waals surface area contributed by atoms with Gasteiger partial charge >= 0.3 is 0 Å². The van der Waals surface area contributed by atoms with Gasteiger partial charge in [0.15, 0.2) is 5.65 Å². The van der Waals surface area contributed by atoms with Gasteiger partial charge in [0.1, 0.15) is 17.7 Å². The first-order valence-electron chi connectivity index (χ1n) is 7.09. The predicted octanol–water partition coefficient (Wildman–Crippen LogP) is 2.85. The van der Waals surface area contributed by atoms with Crippen molar-refractivity contribution in [2.45, 2.75) is 20.3 Å². The maximum absolute atomic E-state index is 4.38. The molecule has 22 heavy (non-hydrogen) atoms. The van der Waals surface area contributed by atoms with Gasteiger partial charge in [0.05, 0.1) is 17.5 Å². The van der Waals surface area contributed by atoms with Crippen LogP contribution >= 0.6 is 0 Å².